The maximum atomic E-state index is 11.6. The molecule has 1 unspecified atom stereocenters. The van der Waals surface area contributed by atoms with Crippen LogP contribution >= 0.6 is 0 Å². The molecule has 0 spiro atoms. The van der Waals surface area contributed by atoms with E-state index in [1.807, 2.05) is 0 Å². The molecule has 0 saturated heterocycles. The Morgan fingerprint density at radius 1 is 1.17 bits per heavy atom. The Hall–Kier alpha value is -0.660. The molecule has 0 aromatic rings. The molecule has 0 aliphatic heterocycles. The smallest absolute Gasteiger partial charge is 0.146 e. The molecule has 0 aromatic heterocycles. The van der Waals surface area contributed by atoms with Crippen LogP contribution in [0.4, 0.5) is 0 Å². The Bertz CT molecular complexity index is 216. The number of rotatable bonds is 2. The zero-order chi connectivity index (χ0) is 8.55. The van der Waals surface area contributed by atoms with Gasteiger partial charge in [0.05, 0.1) is 5.92 Å². The van der Waals surface area contributed by atoms with Crippen LogP contribution in [-0.2, 0) is 9.59 Å². The van der Waals surface area contributed by atoms with Gasteiger partial charge in [-0.2, -0.15) is 0 Å². The molecular formula is C10H14O2. The van der Waals surface area contributed by atoms with E-state index in [-0.39, 0.29) is 23.4 Å². The highest BCUT2D eigenvalue weighted by molar-refractivity contribution is 6.04. The lowest BCUT2D eigenvalue weighted by molar-refractivity contribution is -0.135. The van der Waals surface area contributed by atoms with Crippen molar-refractivity contribution in [3.8, 4) is 0 Å². The highest BCUT2D eigenvalue weighted by Gasteiger charge is 2.37. The quantitative estimate of drug-likeness (QED) is 0.585. The number of carbonyl (C=O) groups is 2. The average molecular weight is 166 g/mol. The van der Waals surface area contributed by atoms with Crippen LogP contribution < -0.4 is 0 Å². The number of ketones is 2. The fourth-order valence-electron chi connectivity index (χ4n) is 2.09. The Morgan fingerprint density at radius 3 is 2.33 bits per heavy atom. The Balaban J connectivity index is 1.98. The van der Waals surface area contributed by atoms with Crippen molar-refractivity contribution in [2.45, 2.75) is 38.5 Å². The highest BCUT2D eigenvalue weighted by Crippen LogP contribution is 2.33. The van der Waals surface area contributed by atoms with Gasteiger partial charge in [0.1, 0.15) is 11.6 Å². The second kappa shape index (κ2) is 3.00. The summed E-state index contributed by atoms with van der Waals surface area (Å²) in [5, 5.41) is 0. The van der Waals surface area contributed by atoms with E-state index in [4.69, 9.17) is 0 Å². The number of hydrogen-bond donors (Lipinski definition) is 0. The summed E-state index contributed by atoms with van der Waals surface area (Å²) in [7, 11) is 0. The lowest BCUT2D eigenvalue weighted by atomic mass is 9.77. The van der Waals surface area contributed by atoms with Crippen molar-refractivity contribution in [2.75, 3.05) is 0 Å². The monoisotopic (exact) mass is 166 g/mol. The van der Waals surface area contributed by atoms with Crippen molar-refractivity contribution >= 4 is 11.6 Å². The topological polar surface area (TPSA) is 34.1 Å². The number of carbonyl (C=O) groups excluding carboxylic acids is 2. The van der Waals surface area contributed by atoms with Gasteiger partial charge in [-0.1, -0.05) is 6.42 Å². The highest BCUT2D eigenvalue weighted by atomic mass is 16.2. The summed E-state index contributed by atoms with van der Waals surface area (Å²) in [5.41, 5.74) is 0. The maximum absolute atomic E-state index is 11.6. The maximum Gasteiger partial charge on any atom is 0.146 e. The fourth-order valence-corrected chi connectivity index (χ4v) is 2.09. The Labute approximate surface area is 72.3 Å². The Kier molecular flexibility index (Phi) is 1.99. The van der Waals surface area contributed by atoms with Crippen LogP contribution in [0, 0.1) is 11.8 Å². The Morgan fingerprint density at radius 2 is 1.92 bits per heavy atom. The second-order valence-electron chi connectivity index (χ2n) is 3.94. The number of hydrogen-bond acceptors (Lipinski definition) is 2. The van der Waals surface area contributed by atoms with E-state index >= 15 is 0 Å². The third-order valence-corrected chi connectivity index (χ3v) is 3.16. The van der Waals surface area contributed by atoms with Gasteiger partial charge in [-0.15, -0.1) is 0 Å². The third-order valence-electron chi connectivity index (χ3n) is 3.16. The summed E-state index contributed by atoms with van der Waals surface area (Å²) >= 11 is 0. The minimum atomic E-state index is -0.199. The first-order valence-corrected chi connectivity index (χ1v) is 4.85. The average Bonchev–Trinajstić information content (AvgIpc) is 2.31. The molecule has 0 aromatic carbocycles. The molecule has 2 rings (SSSR count). The molecular weight excluding hydrogens is 152 g/mol. The van der Waals surface area contributed by atoms with Crippen molar-refractivity contribution in [1.82, 2.24) is 0 Å². The normalized spacial score (nSPS) is 30.3. The van der Waals surface area contributed by atoms with Gasteiger partial charge in [0.15, 0.2) is 0 Å². The third kappa shape index (κ3) is 1.19. The standard InChI is InChI=1S/C10H14O2/c11-9-6-2-5-8(9)10(12)7-3-1-4-7/h7-8H,1-6H2. The van der Waals surface area contributed by atoms with Crippen LogP contribution in [0.2, 0.25) is 0 Å². The van der Waals surface area contributed by atoms with Crippen LogP contribution in [0.15, 0.2) is 0 Å². The lowest BCUT2D eigenvalue weighted by Gasteiger charge is -2.25. The number of Topliss-reactive ketones (excluding diaryl/α,β-unsaturated/α-hetero) is 2. The molecule has 66 valence electrons. The van der Waals surface area contributed by atoms with Crippen molar-refractivity contribution in [3.05, 3.63) is 0 Å². The van der Waals surface area contributed by atoms with Gasteiger partial charge in [-0.05, 0) is 25.7 Å². The summed E-state index contributed by atoms with van der Waals surface area (Å²) in [6, 6.07) is 0. The summed E-state index contributed by atoms with van der Waals surface area (Å²) in [6.45, 7) is 0. The zero-order valence-corrected chi connectivity index (χ0v) is 7.21. The van der Waals surface area contributed by atoms with Crippen molar-refractivity contribution in [1.29, 1.82) is 0 Å². The van der Waals surface area contributed by atoms with Gasteiger partial charge < -0.3 is 0 Å². The molecule has 0 amide bonds. The summed E-state index contributed by atoms with van der Waals surface area (Å²) < 4.78 is 0. The van der Waals surface area contributed by atoms with Crippen LogP contribution in [-0.4, -0.2) is 11.6 Å². The largest absolute Gasteiger partial charge is 0.299 e. The molecule has 0 heterocycles. The molecule has 2 fully saturated rings. The van der Waals surface area contributed by atoms with E-state index in [9.17, 15) is 9.59 Å². The predicted molar refractivity (Wildman–Crippen MR) is 44.7 cm³/mol. The van der Waals surface area contributed by atoms with Crippen LogP contribution in [0.5, 0.6) is 0 Å². The summed E-state index contributed by atoms with van der Waals surface area (Å²) in [4.78, 5) is 22.9. The van der Waals surface area contributed by atoms with Crippen molar-refractivity contribution < 1.29 is 9.59 Å². The molecule has 2 heteroatoms. The SMILES string of the molecule is O=C1CCCC1C(=O)C1CCC1. The summed E-state index contributed by atoms with van der Waals surface area (Å²) in [6.07, 6.45) is 5.64. The molecule has 0 N–H and O–H groups in total. The van der Waals surface area contributed by atoms with E-state index in [0.717, 1.165) is 25.7 Å². The fraction of sp³-hybridized carbons (Fsp3) is 0.800. The van der Waals surface area contributed by atoms with E-state index < -0.39 is 0 Å². The van der Waals surface area contributed by atoms with Gasteiger partial charge in [-0.25, -0.2) is 0 Å². The van der Waals surface area contributed by atoms with Gasteiger partial charge in [0.2, 0.25) is 0 Å². The van der Waals surface area contributed by atoms with Gasteiger partial charge in [0, 0.05) is 12.3 Å². The lowest BCUT2D eigenvalue weighted by Crippen LogP contribution is -2.30. The first kappa shape index (κ1) is 7.96. The minimum absolute atomic E-state index is 0.199. The minimum Gasteiger partial charge on any atom is -0.299 e. The first-order valence-electron chi connectivity index (χ1n) is 4.85. The molecule has 2 aliphatic rings. The van der Waals surface area contributed by atoms with Gasteiger partial charge >= 0.3 is 0 Å². The van der Waals surface area contributed by atoms with E-state index in [2.05, 4.69) is 0 Å². The molecule has 12 heavy (non-hydrogen) atoms. The second-order valence-corrected chi connectivity index (χ2v) is 3.94. The first-order chi connectivity index (χ1) is 5.79. The summed E-state index contributed by atoms with van der Waals surface area (Å²) in [5.74, 6) is 0.503. The van der Waals surface area contributed by atoms with Crippen LogP contribution in [0.1, 0.15) is 38.5 Å². The van der Waals surface area contributed by atoms with Gasteiger partial charge in [0.25, 0.3) is 0 Å². The molecule has 0 radical (unpaired) electrons. The van der Waals surface area contributed by atoms with Crippen LogP contribution in [0.3, 0.4) is 0 Å². The molecule has 2 aliphatic carbocycles. The predicted octanol–water partition coefficient (Wildman–Crippen LogP) is 1.72. The van der Waals surface area contributed by atoms with Crippen molar-refractivity contribution in [3.63, 3.8) is 0 Å². The van der Waals surface area contributed by atoms with E-state index in [1.165, 1.54) is 6.42 Å². The van der Waals surface area contributed by atoms with Gasteiger partial charge in [-0.3, -0.25) is 9.59 Å². The molecule has 2 saturated carbocycles. The molecule has 2 nitrogen and oxygen atoms in total. The van der Waals surface area contributed by atoms with E-state index in [1.54, 1.807) is 0 Å². The van der Waals surface area contributed by atoms with Crippen molar-refractivity contribution in [2.24, 2.45) is 11.8 Å². The molecule has 1 atom stereocenters. The van der Waals surface area contributed by atoms with E-state index in [0.29, 0.717) is 6.42 Å². The van der Waals surface area contributed by atoms with Crippen LogP contribution in [0.25, 0.3) is 0 Å². The molecule has 0 bridgehead atoms. The zero-order valence-electron chi connectivity index (χ0n) is 7.21.